The van der Waals surface area contributed by atoms with E-state index in [9.17, 15) is 0 Å². The molecule has 0 spiro atoms. The normalized spacial score (nSPS) is 26.9. The minimum absolute atomic E-state index is 0.0509. The van der Waals surface area contributed by atoms with Crippen molar-refractivity contribution in [2.24, 2.45) is 5.73 Å². The van der Waals surface area contributed by atoms with Crippen molar-refractivity contribution in [3.05, 3.63) is 35.4 Å². The number of ether oxygens (including phenoxy) is 1. The quantitative estimate of drug-likeness (QED) is 0.708. The van der Waals surface area contributed by atoms with Crippen molar-refractivity contribution in [1.82, 2.24) is 0 Å². The van der Waals surface area contributed by atoms with E-state index in [0.29, 0.717) is 0 Å². The maximum absolute atomic E-state index is 6.08. The summed E-state index contributed by atoms with van der Waals surface area (Å²) in [6, 6.07) is 8.41. The van der Waals surface area contributed by atoms with Crippen LogP contribution in [-0.2, 0) is 11.2 Å². The zero-order valence-electron chi connectivity index (χ0n) is 7.86. The van der Waals surface area contributed by atoms with E-state index in [1.807, 2.05) is 6.07 Å². The zero-order chi connectivity index (χ0) is 9.26. The van der Waals surface area contributed by atoms with Crippen LogP contribution in [0.25, 0.3) is 0 Å². The van der Waals surface area contributed by atoms with Crippen molar-refractivity contribution in [1.29, 1.82) is 0 Å². The van der Waals surface area contributed by atoms with Gasteiger partial charge in [0, 0.05) is 7.11 Å². The van der Waals surface area contributed by atoms with Crippen LogP contribution in [0.3, 0.4) is 0 Å². The summed E-state index contributed by atoms with van der Waals surface area (Å²) in [6.07, 6.45) is 2.31. The first-order valence-corrected chi connectivity index (χ1v) is 4.69. The molecule has 2 heteroatoms. The molecule has 1 aromatic rings. The lowest BCUT2D eigenvalue weighted by Crippen LogP contribution is -2.32. The van der Waals surface area contributed by atoms with Gasteiger partial charge in [0.05, 0.1) is 12.1 Å². The van der Waals surface area contributed by atoms with Crippen molar-refractivity contribution < 1.29 is 4.74 Å². The molecule has 0 saturated carbocycles. The fourth-order valence-electron chi connectivity index (χ4n) is 2.03. The fraction of sp³-hybridized carbons (Fsp3) is 0.455. The lowest BCUT2D eigenvalue weighted by molar-refractivity contribution is 0.0678. The number of nitrogens with two attached hydrogens (primary N) is 1. The van der Waals surface area contributed by atoms with Gasteiger partial charge >= 0.3 is 0 Å². The lowest BCUT2D eigenvalue weighted by Gasteiger charge is -2.29. The molecule has 1 aliphatic carbocycles. The molecule has 0 fully saturated rings. The lowest BCUT2D eigenvalue weighted by atomic mass is 9.86. The Morgan fingerprint density at radius 3 is 2.92 bits per heavy atom. The third kappa shape index (κ3) is 1.47. The Balaban J connectivity index is 2.33. The van der Waals surface area contributed by atoms with E-state index in [4.69, 9.17) is 10.5 Å². The molecule has 2 rings (SSSR count). The molecule has 70 valence electrons. The van der Waals surface area contributed by atoms with Crippen LogP contribution < -0.4 is 5.73 Å². The second-order valence-corrected chi connectivity index (χ2v) is 3.54. The summed E-state index contributed by atoms with van der Waals surface area (Å²) in [5, 5.41) is 0. The molecule has 0 amide bonds. The van der Waals surface area contributed by atoms with E-state index in [1.54, 1.807) is 7.11 Å². The Kier molecular flexibility index (Phi) is 2.34. The van der Waals surface area contributed by atoms with E-state index >= 15 is 0 Å². The first-order valence-electron chi connectivity index (χ1n) is 4.69. The van der Waals surface area contributed by atoms with Crippen LogP contribution in [0.2, 0.25) is 0 Å². The van der Waals surface area contributed by atoms with Crippen LogP contribution in [0, 0.1) is 0 Å². The molecule has 1 aromatic carbocycles. The third-order valence-corrected chi connectivity index (χ3v) is 2.82. The zero-order valence-corrected chi connectivity index (χ0v) is 7.86. The van der Waals surface area contributed by atoms with E-state index < -0.39 is 0 Å². The van der Waals surface area contributed by atoms with Crippen LogP contribution in [0.5, 0.6) is 0 Å². The maximum Gasteiger partial charge on any atom is 0.0767 e. The van der Waals surface area contributed by atoms with Crippen LogP contribution in [0.15, 0.2) is 24.3 Å². The molecule has 2 N–H and O–H groups in total. The third-order valence-electron chi connectivity index (χ3n) is 2.82. The van der Waals surface area contributed by atoms with Gasteiger partial charge in [0.25, 0.3) is 0 Å². The van der Waals surface area contributed by atoms with Crippen molar-refractivity contribution >= 4 is 0 Å². The molecule has 1 aliphatic rings. The number of benzene rings is 1. The van der Waals surface area contributed by atoms with E-state index in [2.05, 4.69) is 18.2 Å². The molecule has 0 aromatic heterocycles. The molecule has 0 radical (unpaired) electrons. The minimum atomic E-state index is 0.0509. The molecule has 0 heterocycles. The van der Waals surface area contributed by atoms with Gasteiger partial charge < -0.3 is 10.5 Å². The predicted molar refractivity (Wildman–Crippen MR) is 52.5 cm³/mol. The van der Waals surface area contributed by atoms with Gasteiger partial charge in [-0.1, -0.05) is 24.3 Å². The smallest absolute Gasteiger partial charge is 0.0767 e. The van der Waals surface area contributed by atoms with E-state index in [0.717, 1.165) is 12.8 Å². The maximum atomic E-state index is 6.08. The second-order valence-electron chi connectivity index (χ2n) is 3.54. The SMILES string of the molecule is COC1CCc2ccccc2C1N. The molecule has 2 atom stereocenters. The fourth-order valence-corrected chi connectivity index (χ4v) is 2.03. The van der Waals surface area contributed by atoms with Gasteiger partial charge in [0.15, 0.2) is 0 Å². The molecule has 2 unspecified atom stereocenters. The van der Waals surface area contributed by atoms with E-state index in [-0.39, 0.29) is 12.1 Å². The van der Waals surface area contributed by atoms with Gasteiger partial charge in [-0.15, -0.1) is 0 Å². The van der Waals surface area contributed by atoms with Gasteiger partial charge in [-0.2, -0.15) is 0 Å². The van der Waals surface area contributed by atoms with Crippen molar-refractivity contribution in [3.63, 3.8) is 0 Å². The van der Waals surface area contributed by atoms with E-state index in [1.165, 1.54) is 11.1 Å². The topological polar surface area (TPSA) is 35.2 Å². The van der Waals surface area contributed by atoms with Gasteiger partial charge in [0.1, 0.15) is 0 Å². The summed E-state index contributed by atoms with van der Waals surface area (Å²) in [5.74, 6) is 0. The molecule has 0 saturated heterocycles. The molecule has 0 bridgehead atoms. The summed E-state index contributed by atoms with van der Waals surface area (Å²) in [5.41, 5.74) is 8.70. The number of hydrogen-bond acceptors (Lipinski definition) is 2. The Hall–Kier alpha value is -0.860. The van der Waals surface area contributed by atoms with Gasteiger partial charge in [-0.3, -0.25) is 0 Å². The standard InChI is InChI=1S/C11H15NO/c1-13-10-7-6-8-4-2-3-5-9(8)11(10)12/h2-5,10-11H,6-7,12H2,1H3. The summed E-state index contributed by atoms with van der Waals surface area (Å²) < 4.78 is 5.34. The molecular weight excluding hydrogens is 162 g/mol. The number of rotatable bonds is 1. The summed E-state index contributed by atoms with van der Waals surface area (Å²) >= 11 is 0. The number of aryl methyl sites for hydroxylation is 1. The highest BCUT2D eigenvalue weighted by Crippen LogP contribution is 2.29. The Morgan fingerprint density at radius 2 is 2.15 bits per heavy atom. The summed E-state index contributed by atoms with van der Waals surface area (Å²) in [6.45, 7) is 0. The Morgan fingerprint density at radius 1 is 1.38 bits per heavy atom. The largest absolute Gasteiger partial charge is 0.379 e. The molecular formula is C11H15NO. The Labute approximate surface area is 78.7 Å². The monoisotopic (exact) mass is 177 g/mol. The van der Waals surface area contributed by atoms with Crippen LogP contribution in [0.4, 0.5) is 0 Å². The highest BCUT2D eigenvalue weighted by Gasteiger charge is 2.25. The molecule has 2 nitrogen and oxygen atoms in total. The highest BCUT2D eigenvalue weighted by molar-refractivity contribution is 5.33. The van der Waals surface area contributed by atoms with Gasteiger partial charge in [-0.25, -0.2) is 0 Å². The number of methoxy groups -OCH3 is 1. The predicted octanol–water partition coefficient (Wildman–Crippen LogP) is 1.65. The minimum Gasteiger partial charge on any atom is -0.379 e. The van der Waals surface area contributed by atoms with Gasteiger partial charge in [0.2, 0.25) is 0 Å². The highest BCUT2D eigenvalue weighted by atomic mass is 16.5. The molecule has 0 aliphatic heterocycles. The van der Waals surface area contributed by atoms with Crippen molar-refractivity contribution in [3.8, 4) is 0 Å². The first-order chi connectivity index (χ1) is 6.33. The second kappa shape index (κ2) is 3.48. The first kappa shape index (κ1) is 8.73. The van der Waals surface area contributed by atoms with Gasteiger partial charge in [-0.05, 0) is 24.0 Å². The van der Waals surface area contributed by atoms with Crippen molar-refractivity contribution in [2.75, 3.05) is 7.11 Å². The average molecular weight is 177 g/mol. The summed E-state index contributed by atoms with van der Waals surface area (Å²) in [7, 11) is 1.73. The number of hydrogen-bond donors (Lipinski definition) is 1. The molecule has 13 heavy (non-hydrogen) atoms. The average Bonchev–Trinajstić information content (AvgIpc) is 2.19. The van der Waals surface area contributed by atoms with Crippen molar-refractivity contribution in [2.45, 2.75) is 25.0 Å². The number of fused-ring (bicyclic) bond motifs is 1. The van der Waals surface area contributed by atoms with Crippen LogP contribution in [-0.4, -0.2) is 13.2 Å². The van der Waals surface area contributed by atoms with Crippen LogP contribution >= 0.6 is 0 Å². The Bertz CT molecular complexity index is 298. The van der Waals surface area contributed by atoms with Crippen LogP contribution in [0.1, 0.15) is 23.6 Å². The summed E-state index contributed by atoms with van der Waals surface area (Å²) in [4.78, 5) is 0.